The van der Waals surface area contributed by atoms with Gasteiger partial charge < -0.3 is 4.74 Å². The lowest BCUT2D eigenvalue weighted by Gasteiger charge is -2.23. The second-order valence-electron chi connectivity index (χ2n) is 6.10. The fraction of sp³-hybridized carbons (Fsp3) is 0.0952. The van der Waals surface area contributed by atoms with Crippen molar-refractivity contribution in [3.8, 4) is 5.75 Å². The first-order chi connectivity index (χ1) is 14.5. The van der Waals surface area contributed by atoms with Crippen molar-refractivity contribution in [2.75, 3.05) is 18.0 Å². The summed E-state index contributed by atoms with van der Waals surface area (Å²) in [4.78, 5) is 16.4. The molecule has 30 heavy (non-hydrogen) atoms. The lowest BCUT2D eigenvalue weighted by atomic mass is 10.3. The molecule has 0 unspecified atom stereocenters. The summed E-state index contributed by atoms with van der Waals surface area (Å²) < 4.78 is 32.5. The number of anilines is 1. The van der Waals surface area contributed by atoms with Crippen molar-refractivity contribution in [3.63, 3.8) is 0 Å². The number of aromatic nitrogens is 1. The number of methoxy groups -OCH3 is 1. The summed E-state index contributed by atoms with van der Waals surface area (Å²) in [6.45, 7) is -0.447. The predicted octanol–water partition coefficient (Wildman–Crippen LogP) is 2.44. The number of carbonyl (C=O) groups excluding carboxylic acids is 1. The van der Waals surface area contributed by atoms with Crippen molar-refractivity contribution in [1.29, 1.82) is 0 Å². The van der Waals surface area contributed by atoms with Crippen LogP contribution in [0.4, 0.5) is 5.69 Å². The number of pyridine rings is 1. The van der Waals surface area contributed by atoms with Crippen molar-refractivity contribution in [2.24, 2.45) is 5.10 Å². The molecule has 0 atom stereocenters. The maximum atomic E-state index is 13.2. The van der Waals surface area contributed by atoms with Gasteiger partial charge in [-0.1, -0.05) is 18.2 Å². The van der Waals surface area contributed by atoms with Crippen LogP contribution in [0.5, 0.6) is 5.75 Å². The van der Waals surface area contributed by atoms with Gasteiger partial charge in [0.1, 0.15) is 12.3 Å². The number of carbonyl (C=O) groups is 1. The number of hydrogen-bond donors (Lipinski definition) is 1. The standard InChI is InChI=1S/C21H20N4O4S/c1-29-19-9-7-18(8-10-19)25(30(27,28)20-5-3-2-4-6-20)16-21(26)24-23-15-17-11-13-22-14-12-17/h2-15H,16H2,1H3,(H,24,26)/b23-15-. The molecule has 154 valence electrons. The monoisotopic (exact) mass is 424 g/mol. The highest BCUT2D eigenvalue weighted by atomic mass is 32.2. The fourth-order valence-corrected chi connectivity index (χ4v) is 4.02. The summed E-state index contributed by atoms with van der Waals surface area (Å²) in [7, 11) is -2.46. The Morgan fingerprint density at radius 3 is 2.37 bits per heavy atom. The van der Waals surface area contributed by atoms with Gasteiger partial charge in [-0.25, -0.2) is 13.8 Å². The molecule has 0 aliphatic heterocycles. The number of hydrazone groups is 1. The van der Waals surface area contributed by atoms with E-state index in [0.29, 0.717) is 11.4 Å². The van der Waals surface area contributed by atoms with Crippen molar-refractivity contribution in [2.45, 2.75) is 4.90 Å². The van der Waals surface area contributed by atoms with Crippen LogP contribution in [-0.4, -0.2) is 39.2 Å². The quantitative estimate of drug-likeness (QED) is 0.442. The molecule has 8 nitrogen and oxygen atoms in total. The molecule has 0 bridgehead atoms. The Morgan fingerprint density at radius 2 is 1.73 bits per heavy atom. The van der Waals surface area contributed by atoms with Crippen molar-refractivity contribution in [3.05, 3.63) is 84.7 Å². The van der Waals surface area contributed by atoms with Crippen LogP contribution in [-0.2, 0) is 14.8 Å². The Hall–Kier alpha value is -3.72. The number of hydrogen-bond acceptors (Lipinski definition) is 6. The van der Waals surface area contributed by atoms with Gasteiger partial charge in [-0.2, -0.15) is 5.10 Å². The molecule has 3 aromatic rings. The maximum absolute atomic E-state index is 13.2. The van der Waals surface area contributed by atoms with E-state index >= 15 is 0 Å². The van der Waals surface area contributed by atoms with Gasteiger partial charge in [0.2, 0.25) is 0 Å². The Kier molecular flexibility index (Phi) is 6.76. The van der Waals surface area contributed by atoms with Crippen LogP contribution in [0.25, 0.3) is 0 Å². The zero-order valence-electron chi connectivity index (χ0n) is 16.2. The molecular formula is C21H20N4O4S. The molecule has 0 aliphatic rings. The molecule has 3 rings (SSSR count). The van der Waals surface area contributed by atoms with Crippen molar-refractivity contribution >= 4 is 27.8 Å². The molecule has 2 aromatic carbocycles. The van der Waals surface area contributed by atoms with Crippen LogP contribution in [0.15, 0.2) is 89.1 Å². The molecule has 1 N–H and O–H groups in total. The fourth-order valence-electron chi connectivity index (χ4n) is 2.58. The largest absolute Gasteiger partial charge is 0.497 e. The third-order valence-corrected chi connectivity index (χ3v) is 5.88. The molecule has 1 aromatic heterocycles. The third-order valence-electron chi connectivity index (χ3n) is 4.09. The zero-order chi connectivity index (χ0) is 21.4. The van der Waals surface area contributed by atoms with Crippen LogP contribution < -0.4 is 14.5 Å². The lowest BCUT2D eigenvalue weighted by Crippen LogP contribution is -2.39. The molecule has 1 amide bonds. The normalized spacial score (nSPS) is 11.2. The van der Waals surface area contributed by atoms with E-state index in [1.807, 2.05) is 0 Å². The molecule has 9 heteroatoms. The van der Waals surface area contributed by atoms with Gasteiger partial charge in [-0.15, -0.1) is 0 Å². The number of sulfonamides is 1. The summed E-state index contributed by atoms with van der Waals surface area (Å²) in [5.74, 6) is -0.0159. The number of rotatable bonds is 8. The Morgan fingerprint density at radius 1 is 1.07 bits per heavy atom. The van der Waals surface area contributed by atoms with Crippen LogP contribution in [0.3, 0.4) is 0 Å². The van der Waals surface area contributed by atoms with Crippen LogP contribution in [0.1, 0.15) is 5.56 Å². The number of ether oxygens (including phenoxy) is 1. The van der Waals surface area contributed by atoms with Gasteiger partial charge in [0.05, 0.1) is 23.9 Å². The molecule has 0 spiro atoms. The van der Waals surface area contributed by atoms with Gasteiger partial charge in [0, 0.05) is 12.4 Å². The van der Waals surface area contributed by atoms with Crippen LogP contribution in [0, 0.1) is 0 Å². The minimum absolute atomic E-state index is 0.0777. The topological polar surface area (TPSA) is 101 Å². The predicted molar refractivity (Wildman–Crippen MR) is 114 cm³/mol. The molecule has 0 aliphatic carbocycles. The molecule has 0 saturated carbocycles. The summed E-state index contributed by atoms with van der Waals surface area (Å²) in [6, 6.07) is 17.8. The van der Waals surface area contributed by atoms with Gasteiger partial charge in [-0.05, 0) is 54.1 Å². The Bertz CT molecular complexity index is 1100. The van der Waals surface area contributed by atoms with E-state index in [1.54, 1.807) is 67.0 Å². The average Bonchev–Trinajstić information content (AvgIpc) is 2.79. The summed E-state index contributed by atoms with van der Waals surface area (Å²) in [5.41, 5.74) is 3.43. The third kappa shape index (κ3) is 5.21. The second kappa shape index (κ2) is 9.66. The lowest BCUT2D eigenvalue weighted by molar-refractivity contribution is -0.119. The van der Waals surface area contributed by atoms with Gasteiger partial charge in [0.15, 0.2) is 0 Å². The molecular weight excluding hydrogens is 404 g/mol. The Balaban J connectivity index is 1.83. The highest BCUT2D eigenvalue weighted by molar-refractivity contribution is 7.92. The van der Waals surface area contributed by atoms with Gasteiger partial charge in [-0.3, -0.25) is 14.1 Å². The summed E-state index contributed by atoms with van der Waals surface area (Å²) in [6.07, 6.45) is 4.64. The molecule has 0 saturated heterocycles. The minimum atomic E-state index is -3.97. The van der Waals surface area contributed by atoms with Gasteiger partial charge >= 0.3 is 0 Å². The number of benzene rings is 2. The van der Waals surface area contributed by atoms with Crippen molar-refractivity contribution < 1.29 is 17.9 Å². The molecule has 1 heterocycles. The smallest absolute Gasteiger partial charge is 0.264 e. The SMILES string of the molecule is COc1ccc(N(CC(=O)N/N=C\c2ccncc2)S(=O)(=O)c2ccccc2)cc1. The first-order valence-electron chi connectivity index (χ1n) is 8.94. The first kappa shape index (κ1) is 21.0. The highest BCUT2D eigenvalue weighted by Crippen LogP contribution is 2.25. The highest BCUT2D eigenvalue weighted by Gasteiger charge is 2.27. The average molecular weight is 424 g/mol. The van der Waals surface area contributed by atoms with E-state index < -0.39 is 22.5 Å². The van der Waals surface area contributed by atoms with E-state index in [1.165, 1.54) is 25.5 Å². The van der Waals surface area contributed by atoms with Crippen molar-refractivity contribution in [1.82, 2.24) is 10.4 Å². The Labute approximate surface area is 174 Å². The summed E-state index contributed by atoms with van der Waals surface area (Å²) >= 11 is 0. The first-order valence-corrected chi connectivity index (χ1v) is 10.4. The van der Waals surface area contributed by atoms with E-state index in [-0.39, 0.29) is 4.90 Å². The van der Waals surface area contributed by atoms with E-state index in [9.17, 15) is 13.2 Å². The number of nitrogens with zero attached hydrogens (tertiary/aromatic N) is 3. The summed E-state index contributed by atoms with van der Waals surface area (Å²) in [5, 5.41) is 3.88. The minimum Gasteiger partial charge on any atom is -0.497 e. The van der Waals surface area contributed by atoms with Gasteiger partial charge in [0.25, 0.3) is 15.9 Å². The number of nitrogens with one attached hydrogen (secondary N) is 1. The second-order valence-corrected chi connectivity index (χ2v) is 7.96. The van der Waals surface area contributed by atoms with Crippen LogP contribution >= 0.6 is 0 Å². The van der Waals surface area contributed by atoms with E-state index in [2.05, 4.69) is 15.5 Å². The number of amides is 1. The van der Waals surface area contributed by atoms with E-state index in [4.69, 9.17) is 4.74 Å². The maximum Gasteiger partial charge on any atom is 0.264 e. The van der Waals surface area contributed by atoms with E-state index in [0.717, 1.165) is 9.87 Å². The van der Waals surface area contributed by atoms with Crippen LogP contribution in [0.2, 0.25) is 0 Å². The molecule has 0 fully saturated rings. The zero-order valence-corrected chi connectivity index (χ0v) is 17.0. The molecule has 0 radical (unpaired) electrons.